The Kier molecular flexibility index (Phi) is 3.86. The Morgan fingerprint density at radius 1 is 1.04 bits per heavy atom. The van der Waals surface area contributed by atoms with Gasteiger partial charge in [0.25, 0.3) is 0 Å². The molecule has 0 saturated heterocycles. The molecule has 23 heavy (non-hydrogen) atoms. The van der Waals surface area contributed by atoms with Crippen LogP contribution in [0, 0.1) is 27.7 Å². The standard InChI is InChI=1S/C19H18O3S/c1-10-7-11(2)15(12(3)8-10)16-17(20)13(4)18(22-19(16)21)14-5-6-23-9-14/h5-9,20H,1-4H3. The van der Waals surface area contributed by atoms with E-state index >= 15 is 0 Å². The summed E-state index contributed by atoms with van der Waals surface area (Å²) in [5, 5.41) is 14.5. The van der Waals surface area contributed by atoms with E-state index in [9.17, 15) is 9.90 Å². The minimum absolute atomic E-state index is 0.00231. The number of hydrogen-bond donors (Lipinski definition) is 1. The average Bonchev–Trinajstić information content (AvgIpc) is 2.99. The molecular formula is C19H18O3S. The lowest BCUT2D eigenvalue weighted by Crippen LogP contribution is -2.08. The van der Waals surface area contributed by atoms with E-state index in [-0.39, 0.29) is 11.3 Å². The van der Waals surface area contributed by atoms with Crippen LogP contribution >= 0.6 is 11.3 Å². The van der Waals surface area contributed by atoms with Gasteiger partial charge in [-0.25, -0.2) is 4.79 Å². The Bertz CT molecular complexity index is 911. The van der Waals surface area contributed by atoms with Gasteiger partial charge in [-0.2, -0.15) is 11.3 Å². The molecule has 3 rings (SSSR count). The normalized spacial score (nSPS) is 11.0. The van der Waals surface area contributed by atoms with Crippen LogP contribution in [0.3, 0.4) is 0 Å². The van der Waals surface area contributed by atoms with Crippen LogP contribution in [0.25, 0.3) is 22.5 Å². The molecule has 0 spiro atoms. The summed E-state index contributed by atoms with van der Waals surface area (Å²) in [7, 11) is 0. The number of aryl methyl sites for hydroxylation is 3. The first-order valence-electron chi connectivity index (χ1n) is 7.37. The Morgan fingerprint density at radius 3 is 2.26 bits per heavy atom. The second kappa shape index (κ2) is 5.70. The Hall–Kier alpha value is -2.33. The largest absolute Gasteiger partial charge is 0.507 e. The van der Waals surface area contributed by atoms with E-state index in [0.717, 1.165) is 27.8 Å². The molecule has 0 fully saturated rings. The highest BCUT2D eigenvalue weighted by Gasteiger charge is 2.21. The third-order valence-electron chi connectivity index (χ3n) is 4.04. The van der Waals surface area contributed by atoms with Gasteiger partial charge in [-0.05, 0) is 55.8 Å². The molecule has 0 aliphatic rings. The highest BCUT2D eigenvalue weighted by molar-refractivity contribution is 7.08. The predicted octanol–water partition coefficient (Wildman–Crippen LogP) is 4.97. The summed E-state index contributed by atoms with van der Waals surface area (Å²) in [4.78, 5) is 12.6. The number of aromatic hydroxyl groups is 1. The summed E-state index contributed by atoms with van der Waals surface area (Å²) >= 11 is 1.52. The maximum atomic E-state index is 12.6. The van der Waals surface area contributed by atoms with Crippen molar-refractivity contribution in [3.05, 3.63) is 61.6 Å². The average molecular weight is 326 g/mol. The maximum absolute atomic E-state index is 12.6. The minimum Gasteiger partial charge on any atom is -0.507 e. The van der Waals surface area contributed by atoms with Crippen molar-refractivity contribution in [1.29, 1.82) is 0 Å². The second-order valence-corrected chi connectivity index (χ2v) is 6.63. The molecule has 0 unspecified atom stereocenters. The van der Waals surface area contributed by atoms with Gasteiger partial charge in [0, 0.05) is 16.5 Å². The van der Waals surface area contributed by atoms with Gasteiger partial charge in [0.05, 0.1) is 0 Å². The summed E-state index contributed by atoms with van der Waals surface area (Å²) in [5.74, 6) is 0.428. The summed E-state index contributed by atoms with van der Waals surface area (Å²) in [5.41, 5.74) is 4.91. The Morgan fingerprint density at radius 2 is 1.70 bits per heavy atom. The fourth-order valence-electron chi connectivity index (χ4n) is 3.08. The van der Waals surface area contributed by atoms with E-state index in [1.54, 1.807) is 6.92 Å². The van der Waals surface area contributed by atoms with Crippen molar-refractivity contribution in [1.82, 2.24) is 0 Å². The topological polar surface area (TPSA) is 50.4 Å². The molecule has 2 aromatic heterocycles. The molecule has 0 atom stereocenters. The van der Waals surface area contributed by atoms with E-state index < -0.39 is 5.63 Å². The first kappa shape index (κ1) is 15.6. The highest BCUT2D eigenvalue weighted by atomic mass is 32.1. The fourth-order valence-corrected chi connectivity index (χ4v) is 3.71. The van der Waals surface area contributed by atoms with Crippen molar-refractivity contribution in [2.45, 2.75) is 27.7 Å². The molecular weight excluding hydrogens is 308 g/mol. The fraction of sp³-hybridized carbons (Fsp3) is 0.211. The van der Waals surface area contributed by atoms with E-state index in [2.05, 4.69) is 0 Å². The van der Waals surface area contributed by atoms with E-state index in [0.29, 0.717) is 11.3 Å². The van der Waals surface area contributed by atoms with Crippen molar-refractivity contribution in [3.63, 3.8) is 0 Å². The molecule has 0 aliphatic carbocycles. The van der Waals surface area contributed by atoms with Crippen LogP contribution in [0.15, 0.2) is 38.2 Å². The van der Waals surface area contributed by atoms with Crippen molar-refractivity contribution < 1.29 is 9.52 Å². The molecule has 118 valence electrons. The van der Waals surface area contributed by atoms with Crippen molar-refractivity contribution >= 4 is 11.3 Å². The second-order valence-electron chi connectivity index (χ2n) is 5.85. The van der Waals surface area contributed by atoms with Gasteiger partial charge in [0.2, 0.25) is 0 Å². The zero-order valence-corrected chi connectivity index (χ0v) is 14.4. The van der Waals surface area contributed by atoms with Crippen molar-refractivity contribution in [2.24, 2.45) is 0 Å². The highest BCUT2D eigenvalue weighted by Crippen LogP contribution is 2.38. The van der Waals surface area contributed by atoms with Gasteiger partial charge in [0.1, 0.15) is 17.1 Å². The molecule has 0 aliphatic heterocycles. The van der Waals surface area contributed by atoms with E-state index in [1.807, 2.05) is 49.7 Å². The molecule has 3 aromatic rings. The molecule has 0 radical (unpaired) electrons. The molecule has 0 saturated carbocycles. The van der Waals surface area contributed by atoms with Gasteiger partial charge in [-0.3, -0.25) is 0 Å². The lowest BCUT2D eigenvalue weighted by Gasteiger charge is -2.14. The van der Waals surface area contributed by atoms with Crippen LogP contribution in [0.4, 0.5) is 0 Å². The SMILES string of the molecule is Cc1cc(C)c(-c2c(O)c(C)c(-c3ccsc3)oc2=O)c(C)c1. The van der Waals surface area contributed by atoms with Gasteiger partial charge < -0.3 is 9.52 Å². The first-order valence-corrected chi connectivity index (χ1v) is 8.32. The van der Waals surface area contributed by atoms with E-state index in [1.165, 1.54) is 11.3 Å². The van der Waals surface area contributed by atoms with Gasteiger partial charge in [0.15, 0.2) is 0 Å². The Balaban J connectivity index is 2.32. The van der Waals surface area contributed by atoms with Gasteiger partial charge in [-0.15, -0.1) is 0 Å². The lowest BCUT2D eigenvalue weighted by molar-refractivity contribution is 0.450. The number of benzene rings is 1. The van der Waals surface area contributed by atoms with Crippen LogP contribution < -0.4 is 5.63 Å². The quantitative estimate of drug-likeness (QED) is 0.723. The minimum atomic E-state index is -0.510. The molecule has 3 nitrogen and oxygen atoms in total. The van der Waals surface area contributed by atoms with E-state index in [4.69, 9.17) is 4.42 Å². The molecule has 0 bridgehead atoms. The zero-order chi connectivity index (χ0) is 16.7. The molecule has 2 heterocycles. The monoisotopic (exact) mass is 326 g/mol. The van der Waals surface area contributed by atoms with Crippen molar-refractivity contribution in [3.8, 4) is 28.2 Å². The van der Waals surface area contributed by atoms with Crippen molar-refractivity contribution in [2.75, 3.05) is 0 Å². The smallest absolute Gasteiger partial charge is 0.348 e. The predicted molar refractivity (Wildman–Crippen MR) is 94.3 cm³/mol. The van der Waals surface area contributed by atoms with Crippen LogP contribution in [0.1, 0.15) is 22.3 Å². The summed E-state index contributed by atoms with van der Waals surface area (Å²) in [6.07, 6.45) is 0. The van der Waals surface area contributed by atoms with Crippen LogP contribution in [0.5, 0.6) is 5.75 Å². The molecule has 1 aromatic carbocycles. The maximum Gasteiger partial charge on any atom is 0.348 e. The third kappa shape index (κ3) is 2.59. The molecule has 0 amide bonds. The van der Waals surface area contributed by atoms with Crippen LogP contribution in [-0.4, -0.2) is 5.11 Å². The third-order valence-corrected chi connectivity index (χ3v) is 4.73. The number of thiophene rings is 1. The van der Waals surface area contributed by atoms with Gasteiger partial charge in [-0.1, -0.05) is 17.7 Å². The summed E-state index contributed by atoms with van der Waals surface area (Å²) in [6.45, 7) is 7.66. The summed E-state index contributed by atoms with van der Waals surface area (Å²) in [6, 6.07) is 5.88. The van der Waals surface area contributed by atoms with Crippen LogP contribution in [-0.2, 0) is 0 Å². The van der Waals surface area contributed by atoms with Gasteiger partial charge >= 0.3 is 5.63 Å². The Labute approximate surface area is 138 Å². The zero-order valence-electron chi connectivity index (χ0n) is 13.6. The lowest BCUT2D eigenvalue weighted by atomic mass is 9.93. The number of rotatable bonds is 2. The molecule has 4 heteroatoms. The molecule has 1 N–H and O–H groups in total. The van der Waals surface area contributed by atoms with Crippen LogP contribution in [0.2, 0.25) is 0 Å². The summed E-state index contributed by atoms with van der Waals surface area (Å²) < 4.78 is 5.55. The number of hydrogen-bond acceptors (Lipinski definition) is 4. The first-order chi connectivity index (χ1) is 10.9.